The fourth-order valence-electron chi connectivity index (χ4n) is 2.99. The first-order valence-corrected chi connectivity index (χ1v) is 10.5. The third-order valence-corrected chi connectivity index (χ3v) is 6.27. The van der Waals surface area contributed by atoms with E-state index in [1.54, 1.807) is 14.0 Å². The van der Waals surface area contributed by atoms with E-state index in [-0.39, 0.29) is 16.9 Å². The van der Waals surface area contributed by atoms with Crippen LogP contribution in [0.15, 0.2) is 4.99 Å². The lowest BCUT2D eigenvalue weighted by Crippen LogP contribution is -2.40. The molecule has 136 valence electrons. The van der Waals surface area contributed by atoms with Crippen LogP contribution in [0.3, 0.4) is 0 Å². The number of hydrogen-bond acceptors (Lipinski definition) is 4. The highest BCUT2D eigenvalue weighted by Crippen LogP contribution is 2.41. The molecule has 0 heterocycles. The van der Waals surface area contributed by atoms with Crippen molar-refractivity contribution in [1.29, 1.82) is 0 Å². The maximum Gasteiger partial charge on any atom is 0.191 e. The fraction of sp³-hybridized carbons (Fsp3) is 0.938. The van der Waals surface area contributed by atoms with Gasteiger partial charge in [0.1, 0.15) is 0 Å². The molecule has 0 aromatic carbocycles. The minimum atomic E-state index is -2.95. The van der Waals surface area contributed by atoms with E-state index < -0.39 is 9.84 Å². The van der Waals surface area contributed by atoms with Crippen LogP contribution >= 0.6 is 0 Å². The Hall–Kier alpha value is -0.820. The van der Waals surface area contributed by atoms with E-state index in [0.29, 0.717) is 12.5 Å². The zero-order valence-corrected chi connectivity index (χ0v) is 15.7. The van der Waals surface area contributed by atoms with Crippen LogP contribution in [-0.4, -0.2) is 59.2 Å². The third kappa shape index (κ3) is 7.52. The Bertz CT molecular complexity index is 457. The Morgan fingerprint density at radius 1 is 1.22 bits per heavy atom. The van der Waals surface area contributed by atoms with E-state index >= 15 is 0 Å². The second-order valence-corrected chi connectivity index (χ2v) is 8.78. The molecule has 0 aromatic heterocycles. The molecule has 0 amide bonds. The van der Waals surface area contributed by atoms with Gasteiger partial charge < -0.3 is 15.4 Å². The molecule has 0 spiro atoms. The van der Waals surface area contributed by atoms with E-state index in [0.717, 1.165) is 26.1 Å². The second-order valence-electron chi connectivity index (χ2n) is 6.31. The van der Waals surface area contributed by atoms with Gasteiger partial charge in [0.25, 0.3) is 0 Å². The Kier molecular flexibility index (Phi) is 8.91. The maximum absolute atomic E-state index is 11.6. The first-order chi connectivity index (χ1) is 11.0. The fourth-order valence-corrected chi connectivity index (χ4v) is 3.69. The van der Waals surface area contributed by atoms with Crippen molar-refractivity contribution in [2.24, 2.45) is 10.4 Å². The van der Waals surface area contributed by atoms with Crippen molar-refractivity contribution >= 4 is 15.8 Å². The number of methoxy groups -OCH3 is 1. The molecular formula is C16H33N3O3S. The van der Waals surface area contributed by atoms with Crippen LogP contribution < -0.4 is 10.6 Å². The molecule has 7 heteroatoms. The molecule has 0 bridgehead atoms. The summed E-state index contributed by atoms with van der Waals surface area (Å²) in [5.74, 6) is 1.04. The van der Waals surface area contributed by atoms with Crippen molar-refractivity contribution in [3.63, 3.8) is 0 Å². The largest absolute Gasteiger partial charge is 0.385 e. The SMILES string of the molecule is CCNC(=NCC1(CCOC)CCCC1)NCCS(=O)(=O)CC. The lowest BCUT2D eigenvalue weighted by atomic mass is 9.83. The molecule has 1 aliphatic carbocycles. The number of aliphatic imine (C=N–C) groups is 1. The molecule has 0 aromatic rings. The van der Waals surface area contributed by atoms with Crippen LogP contribution in [0, 0.1) is 5.41 Å². The minimum absolute atomic E-state index is 0.142. The Morgan fingerprint density at radius 2 is 1.91 bits per heavy atom. The van der Waals surface area contributed by atoms with Gasteiger partial charge >= 0.3 is 0 Å². The molecule has 0 unspecified atom stereocenters. The summed E-state index contributed by atoms with van der Waals surface area (Å²) in [7, 11) is -1.20. The van der Waals surface area contributed by atoms with Gasteiger partial charge in [-0.15, -0.1) is 0 Å². The van der Waals surface area contributed by atoms with Crippen molar-refractivity contribution in [2.45, 2.75) is 46.0 Å². The lowest BCUT2D eigenvalue weighted by Gasteiger charge is -2.27. The number of sulfone groups is 1. The Balaban J connectivity index is 2.58. The molecule has 23 heavy (non-hydrogen) atoms. The summed E-state index contributed by atoms with van der Waals surface area (Å²) in [6.07, 6.45) is 5.96. The summed E-state index contributed by atoms with van der Waals surface area (Å²) in [6.45, 7) is 6.38. The predicted octanol–water partition coefficient (Wildman–Crippen LogP) is 1.57. The summed E-state index contributed by atoms with van der Waals surface area (Å²) in [4.78, 5) is 4.71. The highest BCUT2D eigenvalue weighted by molar-refractivity contribution is 7.91. The Labute approximate surface area is 141 Å². The molecule has 1 aliphatic rings. The van der Waals surface area contributed by atoms with Gasteiger partial charge in [0, 0.05) is 39.1 Å². The van der Waals surface area contributed by atoms with Crippen LogP contribution in [-0.2, 0) is 14.6 Å². The lowest BCUT2D eigenvalue weighted by molar-refractivity contribution is 0.141. The number of hydrogen-bond donors (Lipinski definition) is 2. The number of nitrogens with zero attached hydrogens (tertiary/aromatic N) is 1. The van der Waals surface area contributed by atoms with Gasteiger partial charge in [-0.05, 0) is 31.6 Å². The zero-order valence-electron chi connectivity index (χ0n) is 14.9. The van der Waals surface area contributed by atoms with Gasteiger partial charge in [0.15, 0.2) is 15.8 Å². The second kappa shape index (κ2) is 10.1. The topological polar surface area (TPSA) is 79.8 Å². The van der Waals surface area contributed by atoms with Gasteiger partial charge in [-0.1, -0.05) is 19.8 Å². The first kappa shape index (κ1) is 20.2. The number of guanidine groups is 1. The zero-order chi connectivity index (χ0) is 17.2. The van der Waals surface area contributed by atoms with Crippen molar-refractivity contribution < 1.29 is 13.2 Å². The van der Waals surface area contributed by atoms with E-state index in [1.165, 1.54) is 25.7 Å². The van der Waals surface area contributed by atoms with Crippen LogP contribution in [0.1, 0.15) is 46.0 Å². The van der Waals surface area contributed by atoms with Crippen LogP contribution in [0.25, 0.3) is 0 Å². The van der Waals surface area contributed by atoms with Gasteiger partial charge in [0.2, 0.25) is 0 Å². The predicted molar refractivity (Wildman–Crippen MR) is 95.7 cm³/mol. The minimum Gasteiger partial charge on any atom is -0.385 e. The number of nitrogens with one attached hydrogen (secondary N) is 2. The molecule has 1 fully saturated rings. The highest BCUT2D eigenvalue weighted by atomic mass is 32.2. The standard InChI is InChI=1S/C16H33N3O3S/c1-4-17-15(18-11-13-23(20,21)5-2)19-14-16(10-12-22-3)8-6-7-9-16/h4-14H2,1-3H3,(H2,17,18,19). The van der Waals surface area contributed by atoms with Crippen LogP contribution in [0.5, 0.6) is 0 Å². The average molecular weight is 348 g/mol. The summed E-state index contributed by atoms with van der Waals surface area (Å²) in [6, 6.07) is 0. The normalized spacial score (nSPS) is 18.1. The summed E-state index contributed by atoms with van der Waals surface area (Å²) < 4.78 is 28.4. The summed E-state index contributed by atoms with van der Waals surface area (Å²) in [5.41, 5.74) is 0.244. The van der Waals surface area contributed by atoms with E-state index in [1.807, 2.05) is 6.92 Å². The quantitative estimate of drug-likeness (QED) is 0.463. The smallest absolute Gasteiger partial charge is 0.191 e. The number of rotatable bonds is 10. The van der Waals surface area contributed by atoms with E-state index in [2.05, 4.69) is 10.6 Å². The molecule has 0 saturated heterocycles. The molecule has 6 nitrogen and oxygen atoms in total. The summed E-state index contributed by atoms with van der Waals surface area (Å²) >= 11 is 0. The van der Waals surface area contributed by atoms with E-state index in [4.69, 9.17) is 9.73 Å². The van der Waals surface area contributed by atoms with E-state index in [9.17, 15) is 8.42 Å². The first-order valence-electron chi connectivity index (χ1n) is 8.68. The van der Waals surface area contributed by atoms with Gasteiger partial charge in [-0.25, -0.2) is 8.42 Å². The van der Waals surface area contributed by atoms with Crippen molar-refractivity contribution in [1.82, 2.24) is 10.6 Å². The number of ether oxygens (including phenoxy) is 1. The molecule has 0 aliphatic heterocycles. The average Bonchev–Trinajstić information content (AvgIpc) is 3.00. The monoisotopic (exact) mass is 347 g/mol. The molecular weight excluding hydrogens is 314 g/mol. The van der Waals surface area contributed by atoms with Crippen molar-refractivity contribution in [3.8, 4) is 0 Å². The summed E-state index contributed by atoms with van der Waals surface area (Å²) in [5, 5.41) is 6.33. The van der Waals surface area contributed by atoms with Gasteiger partial charge in [-0.2, -0.15) is 0 Å². The highest BCUT2D eigenvalue weighted by Gasteiger charge is 2.33. The molecule has 1 saturated carbocycles. The molecule has 0 atom stereocenters. The van der Waals surface area contributed by atoms with Crippen LogP contribution in [0.4, 0.5) is 0 Å². The maximum atomic E-state index is 11.6. The van der Waals surface area contributed by atoms with Gasteiger partial charge in [0.05, 0.1) is 5.75 Å². The van der Waals surface area contributed by atoms with Crippen molar-refractivity contribution in [3.05, 3.63) is 0 Å². The molecule has 0 radical (unpaired) electrons. The van der Waals surface area contributed by atoms with Gasteiger partial charge in [-0.3, -0.25) is 4.99 Å². The van der Waals surface area contributed by atoms with Crippen molar-refractivity contribution in [2.75, 3.05) is 44.9 Å². The third-order valence-electron chi connectivity index (χ3n) is 4.56. The molecule has 1 rings (SSSR count). The molecule has 2 N–H and O–H groups in total. The van der Waals surface area contributed by atoms with Crippen LogP contribution in [0.2, 0.25) is 0 Å². The Morgan fingerprint density at radius 3 is 2.48 bits per heavy atom.